The van der Waals surface area contributed by atoms with Crippen LogP contribution >= 0.6 is 23.1 Å². The van der Waals surface area contributed by atoms with E-state index >= 15 is 0 Å². The fourth-order valence-corrected chi connectivity index (χ4v) is 7.64. The maximum Gasteiger partial charge on any atom is 0.301 e. The molecule has 2 aliphatic heterocycles. The number of aliphatic hydroxyl groups is 1. The molecule has 3 heterocycles. The van der Waals surface area contributed by atoms with Gasteiger partial charge in [0, 0.05) is 17.7 Å². The molecule has 1 N–H and O–H groups in total. The van der Waals surface area contributed by atoms with Gasteiger partial charge in [-0.05, 0) is 64.7 Å². The lowest BCUT2D eigenvalue weighted by Crippen LogP contribution is -2.29. The first-order valence-corrected chi connectivity index (χ1v) is 15.9. The number of amides is 1. The molecule has 1 aromatic heterocycles. The molecule has 7 rings (SSSR count). The lowest BCUT2D eigenvalue weighted by Gasteiger charge is -2.22. The number of aliphatic hydroxyl groups excluding tert-OH is 1. The van der Waals surface area contributed by atoms with E-state index in [1.807, 2.05) is 31.2 Å². The lowest BCUT2D eigenvalue weighted by molar-refractivity contribution is -0.132. The Bertz CT molecular complexity index is 1950. The number of carbonyl (C=O) groups is 2. The second-order valence-corrected chi connectivity index (χ2v) is 12.9. The van der Waals surface area contributed by atoms with E-state index in [0.717, 1.165) is 22.3 Å². The van der Waals surface area contributed by atoms with Crippen LogP contribution in [0.5, 0.6) is 11.5 Å². The third kappa shape index (κ3) is 4.99. The maximum atomic E-state index is 13.6. The normalized spacial score (nSPS) is 18.9. The van der Waals surface area contributed by atoms with Gasteiger partial charge in [0.25, 0.3) is 5.78 Å². The molecule has 0 spiro atoms. The number of benzene rings is 4. The number of fused-ring (bicyclic) bond motifs is 2. The second-order valence-electron chi connectivity index (χ2n) is 10.7. The molecule has 1 fully saturated rings. The summed E-state index contributed by atoms with van der Waals surface area (Å²) in [7, 11) is 1.57. The number of aromatic nitrogens is 2. The summed E-state index contributed by atoms with van der Waals surface area (Å²) in [5, 5.41) is 22.9. The largest absolute Gasteiger partial charge is 0.507 e. The number of Topliss-reactive ketones (excluding diaryl/α,β-unsaturated/α-hetero) is 1. The smallest absolute Gasteiger partial charge is 0.301 e. The van der Waals surface area contributed by atoms with Crippen LogP contribution in [0.2, 0.25) is 0 Å². The summed E-state index contributed by atoms with van der Waals surface area (Å²) in [5.41, 5.74) is 3.17. The predicted octanol–water partition coefficient (Wildman–Crippen LogP) is 6.94. The monoisotopic (exact) mass is 621 g/mol. The zero-order valence-corrected chi connectivity index (χ0v) is 25.5. The van der Waals surface area contributed by atoms with Crippen LogP contribution in [0.1, 0.15) is 35.2 Å². The highest BCUT2D eigenvalue weighted by Crippen LogP contribution is 2.45. The first-order chi connectivity index (χ1) is 21.4. The summed E-state index contributed by atoms with van der Waals surface area (Å²) in [6.45, 7) is 1.98. The minimum Gasteiger partial charge on any atom is -0.507 e. The summed E-state index contributed by atoms with van der Waals surface area (Å²) in [5.74, 6) is 0.243. The average molecular weight is 622 g/mol. The first kappa shape index (κ1) is 28.1. The van der Waals surface area contributed by atoms with Crippen molar-refractivity contribution >= 4 is 56.5 Å². The fourth-order valence-electron chi connectivity index (χ4n) is 5.77. The first-order valence-electron chi connectivity index (χ1n) is 14.1. The molecule has 4 aromatic carbocycles. The number of thioether (sulfide) groups is 1. The van der Waals surface area contributed by atoms with Crippen LogP contribution in [0.25, 0.3) is 16.5 Å². The maximum absolute atomic E-state index is 13.6. The molecule has 220 valence electrons. The van der Waals surface area contributed by atoms with Gasteiger partial charge in [0.15, 0.2) is 4.34 Å². The Morgan fingerprint density at radius 3 is 2.66 bits per heavy atom. The number of hydrogen-bond donors (Lipinski definition) is 1. The van der Waals surface area contributed by atoms with E-state index in [0.29, 0.717) is 33.4 Å². The van der Waals surface area contributed by atoms with Gasteiger partial charge in [0.05, 0.1) is 18.7 Å². The third-order valence-electron chi connectivity index (χ3n) is 7.88. The summed E-state index contributed by atoms with van der Waals surface area (Å²) >= 11 is 2.76. The lowest BCUT2D eigenvalue weighted by atomic mass is 9.94. The predicted molar refractivity (Wildman–Crippen MR) is 171 cm³/mol. The third-order valence-corrected chi connectivity index (χ3v) is 9.98. The quantitative estimate of drug-likeness (QED) is 0.0686. The standard InChI is InChI=1S/C34H27N3O5S2/c1-19-16-24-17-22(12-15-27(24)42-19)30(38)28-29(21-10-13-25(41-2)14-11-21)37(32(40)31(28)39)33-35-36-34(44-33)43-18-23-8-5-7-20-6-3-4-9-26(20)23/h3-15,17,19,29,38H,16,18H2,1-2H3/b30-28+/t19-,29-/m1/s1. The van der Waals surface area contributed by atoms with Crippen molar-refractivity contribution in [2.24, 2.45) is 0 Å². The van der Waals surface area contributed by atoms with E-state index in [-0.39, 0.29) is 22.6 Å². The number of methoxy groups -OCH3 is 1. The highest BCUT2D eigenvalue weighted by Gasteiger charge is 2.48. The topological polar surface area (TPSA) is 102 Å². The van der Waals surface area contributed by atoms with Gasteiger partial charge >= 0.3 is 5.91 Å². The van der Waals surface area contributed by atoms with Crippen molar-refractivity contribution in [2.45, 2.75) is 35.6 Å². The minimum absolute atomic E-state index is 0.00719. The number of nitrogens with zero attached hydrogens (tertiary/aromatic N) is 3. The number of anilines is 1. The van der Waals surface area contributed by atoms with Gasteiger partial charge in [0.1, 0.15) is 23.4 Å². The van der Waals surface area contributed by atoms with Gasteiger partial charge in [-0.25, -0.2) is 0 Å². The fraction of sp³-hybridized carbons (Fsp3) is 0.176. The molecule has 0 aliphatic carbocycles. The van der Waals surface area contributed by atoms with Crippen molar-refractivity contribution in [3.8, 4) is 11.5 Å². The molecule has 2 aliphatic rings. The van der Waals surface area contributed by atoms with E-state index < -0.39 is 17.7 Å². The Hall–Kier alpha value is -4.67. The molecule has 44 heavy (non-hydrogen) atoms. The Morgan fingerprint density at radius 1 is 1.05 bits per heavy atom. The van der Waals surface area contributed by atoms with Crippen molar-refractivity contribution < 1.29 is 24.2 Å². The van der Waals surface area contributed by atoms with Gasteiger partial charge in [0.2, 0.25) is 5.13 Å². The van der Waals surface area contributed by atoms with Crippen LogP contribution in [0.15, 0.2) is 94.8 Å². The number of hydrogen-bond acceptors (Lipinski definition) is 9. The minimum atomic E-state index is -0.909. The van der Waals surface area contributed by atoms with Crippen LogP contribution in [0, 0.1) is 0 Å². The molecule has 10 heteroatoms. The number of carbonyl (C=O) groups excluding carboxylic acids is 2. The van der Waals surface area contributed by atoms with E-state index in [1.54, 1.807) is 43.5 Å². The Balaban J connectivity index is 1.25. The average Bonchev–Trinajstić information content (AvgIpc) is 3.74. The van der Waals surface area contributed by atoms with Crippen LogP contribution < -0.4 is 14.4 Å². The zero-order chi connectivity index (χ0) is 30.4. The summed E-state index contributed by atoms with van der Waals surface area (Å²) < 4.78 is 11.8. The molecule has 0 saturated carbocycles. The van der Waals surface area contributed by atoms with Crippen LogP contribution in [0.3, 0.4) is 0 Å². The SMILES string of the molecule is COc1ccc([C@@H]2/C(=C(\O)c3ccc4c(c3)C[C@@H](C)O4)C(=O)C(=O)N2c2nnc(SCc3cccc4ccccc34)s2)cc1. The van der Waals surface area contributed by atoms with Crippen molar-refractivity contribution in [2.75, 3.05) is 12.0 Å². The van der Waals surface area contributed by atoms with Gasteiger partial charge < -0.3 is 14.6 Å². The molecule has 1 amide bonds. The van der Waals surface area contributed by atoms with E-state index in [9.17, 15) is 14.7 Å². The van der Waals surface area contributed by atoms with Crippen molar-refractivity contribution in [3.63, 3.8) is 0 Å². The number of rotatable bonds is 7. The van der Waals surface area contributed by atoms with Gasteiger partial charge in [-0.2, -0.15) is 0 Å². The molecule has 0 unspecified atom stereocenters. The molecule has 8 nitrogen and oxygen atoms in total. The second kappa shape index (κ2) is 11.4. The van der Waals surface area contributed by atoms with Crippen molar-refractivity contribution in [1.29, 1.82) is 0 Å². The molecule has 1 saturated heterocycles. The summed E-state index contributed by atoms with van der Waals surface area (Å²) in [6, 6.07) is 25.9. The van der Waals surface area contributed by atoms with Crippen molar-refractivity contribution in [1.82, 2.24) is 10.2 Å². The zero-order valence-electron chi connectivity index (χ0n) is 23.9. The Labute approximate surface area is 262 Å². The van der Waals surface area contributed by atoms with Gasteiger partial charge in [-0.15, -0.1) is 10.2 Å². The number of ether oxygens (including phenoxy) is 2. The van der Waals surface area contributed by atoms with E-state index in [2.05, 4.69) is 34.5 Å². The van der Waals surface area contributed by atoms with Crippen LogP contribution in [-0.2, 0) is 21.8 Å². The van der Waals surface area contributed by atoms with Crippen molar-refractivity contribution in [3.05, 3.63) is 113 Å². The molecule has 0 bridgehead atoms. The summed E-state index contributed by atoms with van der Waals surface area (Å²) in [6.07, 6.45) is 0.717. The molecular weight excluding hydrogens is 595 g/mol. The molecule has 2 atom stereocenters. The van der Waals surface area contributed by atoms with E-state index in [1.165, 1.54) is 33.4 Å². The Kier molecular flexibility index (Phi) is 7.31. The molecule has 0 radical (unpaired) electrons. The van der Waals surface area contributed by atoms with Crippen LogP contribution in [0.4, 0.5) is 5.13 Å². The van der Waals surface area contributed by atoms with Crippen LogP contribution in [-0.4, -0.2) is 40.2 Å². The van der Waals surface area contributed by atoms with Gasteiger partial charge in [-0.1, -0.05) is 77.7 Å². The molecule has 5 aromatic rings. The highest BCUT2D eigenvalue weighted by molar-refractivity contribution is 8.00. The molecular formula is C34H27N3O5S2. The van der Waals surface area contributed by atoms with Gasteiger partial charge in [-0.3, -0.25) is 14.5 Å². The Morgan fingerprint density at radius 2 is 1.84 bits per heavy atom. The number of ketones is 1. The summed E-state index contributed by atoms with van der Waals surface area (Å²) in [4.78, 5) is 28.6. The highest BCUT2D eigenvalue weighted by atomic mass is 32.2. The van der Waals surface area contributed by atoms with E-state index in [4.69, 9.17) is 9.47 Å².